The van der Waals surface area contributed by atoms with Crippen molar-refractivity contribution in [3.63, 3.8) is 0 Å². The number of aryl methyl sites for hydroxylation is 2. The highest BCUT2D eigenvalue weighted by molar-refractivity contribution is 5.81. The molecular formula is C20H33NO2. The van der Waals surface area contributed by atoms with Crippen LogP contribution in [0.4, 0.5) is 0 Å². The van der Waals surface area contributed by atoms with E-state index < -0.39 is 6.10 Å². The van der Waals surface area contributed by atoms with Gasteiger partial charge >= 0.3 is 0 Å². The third-order valence-electron chi connectivity index (χ3n) is 4.38. The van der Waals surface area contributed by atoms with Gasteiger partial charge in [-0.25, -0.2) is 0 Å². The zero-order valence-corrected chi connectivity index (χ0v) is 15.4. The van der Waals surface area contributed by atoms with Crippen LogP contribution in [0.15, 0.2) is 18.2 Å². The first-order valence-electron chi connectivity index (χ1n) is 9.03. The van der Waals surface area contributed by atoms with E-state index in [1.54, 1.807) is 0 Å². The maximum absolute atomic E-state index is 12.4. The number of hydrogen-bond donors (Lipinski definition) is 1. The van der Waals surface area contributed by atoms with Crippen molar-refractivity contribution in [2.24, 2.45) is 5.92 Å². The number of unbranched alkanes of at least 4 members (excludes halogenated alkanes) is 1. The van der Waals surface area contributed by atoms with E-state index in [0.717, 1.165) is 29.8 Å². The van der Waals surface area contributed by atoms with Crippen molar-refractivity contribution in [2.45, 2.75) is 72.8 Å². The van der Waals surface area contributed by atoms with Crippen LogP contribution in [-0.4, -0.2) is 18.6 Å². The second-order valence-electron chi connectivity index (χ2n) is 6.45. The highest BCUT2D eigenvalue weighted by atomic mass is 16.5. The van der Waals surface area contributed by atoms with E-state index in [2.05, 4.69) is 25.2 Å². The lowest BCUT2D eigenvalue weighted by molar-refractivity contribution is -0.128. The molecule has 1 aromatic rings. The zero-order chi connectivity index (χ0) is 17.2. The molecule has 3 heteroatoms. The number of amides is 1. The third-order valence-corrected chi connectivity index (χ3v) is 4.38. The monoisotopic (exact) mass is 319 g/mol. The molecule has 0 saturated heterocycles. The van der Waals surface area contributed by atoms with Crippen molar-refractivity contribution in [3.05, 3.63) is 29.3 Å². The van der Waals surface area contributed by atoms with Crippen LogP contribution in [0.2, 0.25) is 0 Å². The Kier molecular flexibility index (Phi) is 8.75. The number of nitrogens with one attached hydrogen (secondary N) is 1. The predicted molar refractivity (Wildman–Crippen MR) is 96.9 cm³/mol. The van der Waals surface area contributed by atoms with Gasteiger partial charge in [0.1, 0.15) is 5.75 Å². The summed E-state index contributed by atoms with van der Waals surface area (Å²) in [6, 6.07) is 6.09. The van der Waals surface area contributed by atoms with Crippen LogP contribution >= 0.6 is 0 Å². The van der Waals surface area contributed by atoms with Crippen molar-refractivity contribution in [1.82, 2.24) is 5.32 Å². The van der Waals surface area contributed by atoms with Gasteiger partial charge in [0, 0.05) is 6.54 Å². The Balaban J connectivity index is 2.59. The Morgan fingerprint density at radius 2 is 1.91 bits per heavy atom. The minimum absolute atomic E-state index is 0.00311. The molecule has 0 unspecified atom stereocenters. The van der Waals surface area contributed by atoms with E-state index in [9.17, 15) is 4.79 Å². The van der Waals surface area contributed by atoms with Crippen LogP contribution in [-0.2, 0) is 4.79 Å². The van der Waals surface area contributed by atoms with Gasteiger partial charge in [-0.2, -0.15) is 0 Å². The summed E-state index contributed by atoms with van der Waals surface area (Å²) in [4.78, 5) is 12.4. The van der Waals surface area contributed by atoms with Crippen molar-refractivity contribution in [1.29, 1.82) is 0 Å². The maximum atomic E-state index is 12.4. The summed E-state index contributed by atoms with van der Waals surface area (Å²) >= 11 is 0. The molecule has 1 N–H and O–H groups in total. The summed E-state index contributed by atoms with van der Waals surface area (Å²) in [5.41, 5.74) is 2.21. The van der Waals surface area contributed by atoms with Crippen LogP contribution in [0.3, 0.4) is 0 Å². The fourth-order valence-electron chi connectivity index (χ4n) is 2.61. The lowest BCUT2D eigenvalue weighted by Crippen LogP contribution is -2.40. The molecule has 0 aliphatic rings. The van der Waals surface area contributed by atoms with Crippen molar-refractivity contribution in [2.75, 3.05) is 6.54 Å². The van der Waals surface area contributed by atoms with Crippen molar-refractivity contribution >= 4 is 5.91 Å². The number of benzene rings is 1. The van der Waals surface area contributed by atoms with Gasteiger partial charge in [0.25, 0.3) is 5.91 Å². The van der Waals surface area contributed by atoms with Crippen LogP contribution < -0.4 is 10.1 Å². The molecule has 0 fully saturated rings. The average molecular weight is 319 g/mol. The van der Waals surface area contributed by atoms with Gasteiger partial charge in [-0.1, -0.05) is 52.2 Å². The molecule has 3 nitrogen and oxygen atoms in total. The summed E-state index contributed by atoms with van der Waals surface area (Å²) in [5.74, 6) is 1.38. The van der Waals surface area contributed by atoms with E-state index in [1.165, 1.54) is 19.3 Å². The van der Waals surface area contributed by atoms with Gasteiger partial charge in [0.15, 0.2) is 6.10 Å². The molecule has 0 bridgehead atoms. The van der Waals surface area contributed by atoms with E-state index in [0.29, 0.717) is 12.3 Å². The molecule has 130 valence electrons. The fraction of sp³-hybridized carbons (Fsp3) is 0.650. The van der Waals surface area contributed by atoms with Crippen molar-refractivity contribution < 1.29 is 9.53 Å². The smallest absolute Gasteiger partial charge is 0.261 e. The van der Waals surface area contributed by atoms with E-state index in [1.807, 2.05) is 32.9 Å². The molecule has 0 radical (unpaired) electrons. The number of carbonyl (C=O) groups is 1. The first-order valence-corrected chi connectivity index (χ1v) is 9.03. The molecular weight excluding hydrogens is 286 g/mol. The van der Waals surface area contributed by atoms with E-state index in [4.69, 9.17) is 4.74 Å². The van der Waals surface area contributed by atoms with Gasteiger partial charge in [-0.05, 0) is 49.8 Å². The second kappa shape index (κ2) is 10.3. The van der Waals surface area contributed by atoms with Gasteiger partial charge in [0.2, 0.25) is 0 Å². The summed E-state index contributed by atoms with van der Waals surface area (Å²) in [5, 5.41) is 3.08. The van der Waals surface area contributed by atoms with Gasteiger partial charge < -0.3 is 10.1 Å². The third kappa shape index (κ3) is 6.64. The molecule has 1 aromatic carbocycles. The molecule has 0 aliphatic heterocycles. The summed E-state index contributed by atoms with van der Waals surface area (Å²) < 4.78 is 5.97. The molecule has 0 aromatic heterocycles. The van der Waals surface area contributed by atoms with E-state index >= 15 is 0 Å². The van der Waals surface area contributed by atoms with Crippen LogP contribution in [0.25, 0.3) is 0 Å². The van der Waals surface area contributed by atoms with Gasteiger partial charge in [-0.3, -0.25) is 4.79 Å². The lowest BCUT2D eigenvalue weighted by atomic mass is 9.99. The first kappa shape index (κ1) is 19.5. The summed E-state index contributed by atoms with van der Waals surface area (Å²) in [6.07, 6.45) is 4.98. The second-order valence-corrected chi connectivity index (χ2v) is 6.45. The Morgan fingerprint density at radius 1 is 1.17 bits per heavy atom. The number of carbonyl (C=O) groups excluding carboxylic acids is 1. The molecule has 1 rings (SSSR count). The number of ether oxygens (including phenoxy) is 1. The minimum Gasteiger partial charge on any atom is -0.480 e. The Bertz CT molecular complexity index is 485. The van der Waals surface area contributed by atoms with Crippen LogP contribution in [0.1, 0.15) is 64.0 Å². The largest absolute Gasteiger partial charge is 0.480 e. The number of rotatable bonds is 10. The standard InChI is InChI=1S/C20H33NO2/c1-6-9-10-17(7-2)14-21-20(22)18(8-3)23-19-13-15(4)11-12-16(19)5/h11-13,17-18H,6-10,14H2,1-5H3,(H,21,22)/t17-,18+/m0/s1. The molecule has 2 atom stereocenters. The Labute approximate surface area is 141 Å². The normalized spacial score (nSPS) is 13.4. The molecule has 1 amide bonds. The van der Waals surface area contributed by atoms with E-state index in [-0.39, 0.29) is 5.91 Å². The highest BCUT2D eigenvalue weighted by Gasteiger charge is 2.20. The molecule has 23 heavy (non-hydrogen) atoms. The molecule has 0 saturated carbocycles. The summed E-state index contributed by atoms with van der Waals surface area (Å²) in [6.45, 7) is 11.2. The first-order chi connectivity index (χ1) is 11.0. The zero-order valence-electron chi connectivity index (χ0n) is 15.4. The Morgan fingerprint density at radius 3 is 2.52 bits per heavy atom. The van der Waals surface area contributed by atoms with Gasteiger partial charge in [-0.15, -0.1) is 0 Å². The quantitative estimate of drug-likeness (QED) is 0.673. The number of hydrogen-bond acceptors (Lipinski definition) is 2. The SMILES string of the molecule is CCCC[C@H](CC)CNC(=O)[C@@H](CC)Oc1cc(C)ccc1C. The summed E-state index contributed by atoms with van der Waals surface area (Å²) in [7, 11) is 0. The van der Waals surface area contributed by atoms with Crippen LogP contribution in [0, 0.1) is 19.8 Å². The lowest BCUT2D eigenvalue weighted by Gasteiger charge is -2.21. The average Bonchev–Trinajstić information content (AvgIpc) is 2.55. The van der Waals surface area contributed by atoms with Crippen molar-refractivity contribution in [3.8, 4) is 5.75 Å². The molecule has 0 aliphatic carbocycles. The molecule has 0 spiro atoms. The highest BCUT2D eigenvalue weighted by Crippen LogP contribution is 2.21. The topological polar surface area (TPSA) is 38.3 Å². The fourth-order valence-corrected chi connectivity index (χ4v) is 2.61. The Hall–Kier alpha value is -1.51. The van der Waals surface area contributed by atoms with Gasteiger partial charge in [0.05, 0.1) is 0 Å². The maximum Gasteiger partial charge on any atom is 0.261 e. The molecule has 0 heterocycles. The van der Waals surface area contributed by atoms with Crippen LogP contribution in [0.5, 0.6) is 5.75 Å². The predicted octanol–water partition coefficient (Wildman–Crippen LogP) is 4.79. The minimum atomic E-state index is -0.417.